The molecule has 0 atom stereocenters. The highest BCUT2D eigenvalue weighted by Crippen LogP contribution is 2.35. The number of nitrogens with two attached hydrogens (primary N) is 1. The second-order valence-electron chi connectivity index (χ2n) is 7.77. The Hall–Kier alpha value is -2.70. The summed E-state index contributed by atoms with van der Waals surface area (Å²) in [5.41, 5.74) is 8.10. The van der Waals surface area contributed by atoms with Crippen LogP contribution >= 0.6 is 0 Å². The number of methoxy groups -OCH3 is 2. The van der Waals surface area contributed by atoms with Crippen molar-refractivity contribution in [2.75, 3.05) is 20.0 Å². The van der Waals surface area contributed by atoms with E-state index in [0.29, 0.717) is 40.9 Å². The highest BCUT2D eigenvalue weighted by Gasteiger charge is 2.26. The summed E-state index contributed by atoms with van der Waals surface area (Å²) in [7, 11) is 3.14. The molecule has 27 heavy (non-hydrogen) atoms. The molecular weight excluding hydrogens is 346 g/mol. The molecule has 0 fully saturated rings. The fraction of sp³-hybridized carbons (Fsp3) is 0.500. The van der Waals surface area contributed by atoms with Crippen LogP contribution in [0.5, 0.6) is 11.5 Å². The normalized spacial score (nSPS) is 11.6. The van der Waals surface area contributed by atoms with E-state index >= 15 is 0 Å². The summed E-state index contributed by atoms with van der Waals surface area (Å²) in [5.74, 6) is 1.46. The van der Waals surface area contributed by atoms with Crippen LogP contribution in [0.1, 0.15) is 40.3 Å². The summed E-state index contributed by atoms with van der Waals surface area (Å²) in [6.45, 7) is 9.56. The first-order valence-corrected chi connectivity index (χ1v) is 8.90. The number of carbonyl (C=O) groups is 1. The van der Waals surface area contributed by atoms with Crippen LogP contribution in [0.25, 0.3) is 11.3 Å². The lowest BCUT2D eigenvalue weighted by molar-refractivity contribution is 0.0509. The van der Waals surface area contributed by atoms with Crippen LogP contribution in [0.15, 0.2) is 18.2 Å². The van der Waals surface area contributed by atoms with E-state index in [1.165, 1.54) is 4.68 Å². The molecule has 0 spiro atoms. The van der Waals surface area contributed by atoms with Crippen LogP contribution in [0, 0.1) is 5.92 Å². The summed E-state index contributed by atoms with van der Waals surface area (Å²) in [5, 5.41) is 4.47. The standard InChI is InChI=1S/C20H29N3O4/c1-12(2)10-14-17(21)18(22-23(14)19(24)27-20(3,4)5)13-8-9-15(25-6)16(11-13)26-7/h8-9,11-12H,10,21H2,1-7H3. The van der Waals surface area contributed by atoms with Gasteiger partial charge in [-0.2, -0.15) is 9.78 Å². The van der Waals surface area contributed by atoms with Crippen molar-refractivity contribution in [3.8, 4) is 22.8 Å². The molecule has 1 aromatic carbocycles. The molecule has 2 N–H and O–H groups in total. The average molecular weight is 375 g/mol. The lowest BCUT2D eigenvalue weighted by atomic mass is 10.0. The third-order valence-electron chi connectivity index (χ3n) is 3.85. The second kappa shape index (κ2) is 7.90. The van der Waals surface area contributed by atoms with Crippen LogP contribution in [0.4, 0.5) is 10.5 Å². The number of anilines is 1. The predicted molar refractivity (Wildman–Crippen MR) is 105 cm³/mol. The first-order valence-electron chi connectivity index (χ1n) is 8.90. The van der Waals surface area contributed by atoms with E-state index < -0.39 is 11.7 Å². The number of hydrogen-bond acceptors (Lipinski definition) is 6. The minimum absolute atomic E-state index is 0.295. The van der Waals surface area contributed by atoms with Gasteiger partial charge in [0.2, 0.25) is 0 Å². The van der Waals surface area contributed by atoms with E-state index in [2.05, 4.69) is 18.9 Å². The number of nitrogen functional groups attached to an aromatic ring is 1. The van der Waals surface area contributed by atoms with Gasteiger partial charge >= 0.3 is 6.09 Å². The van der Waals surface area contributed by atoms with Crippen molar-refractivity contribution >= 4 is 11.8 Å². The van der Waals surface area contributed by atoms with E-state index in [9.17, 15) is 4.79 Å². The molecule has 1 heterocycles. The van der Waals surface area contributed by atoms with Crippen molar-refractivity contribution in [2.24, 2.45) is 5.92 Å². The van der Waals surface area contributed by atoms with Gasteiger partial charge in [0.05, 0.1) is 25.6 Å². The van der Waals surface area contributed by atoms with E-state index in [-0.39, 0.29) is 0 Å². The third-order valence-corrected chi connectivity index (χ3v) is 3.85. The van der Waals surface area contributed by atoms with Gasteiger partial charge in [-0.05, 0) is 51.3 Å². The molecule has 0 saturated carbocycles. The van der Waals surface area contributed by atoms with Crippen LogP contribution < -0.4 is 15.2 Å². The first-order chi connectivity index (χ1) is 12.6. The largest absolute Gasteiger partial charge is 0.493 e. The van der Waals surface area contributed by atoms with E-state index in [1.54, 1.807) is 26.4 Å². The molecule has 0 saturated heterocycles. The Morgan fingerprint density at radius 2 is 1.81 bits per heavy atom. The number of nitrogens with zero attached hydrogens (tertiary/aromatic N) is 2. The molecule has 148 valence electrons. The van der Waals surface area contributed by atoms with Gasteiger partial charge in [0.15, 0.2) is 11.5 Å². The quantitative estimate of drug-likeness (QED) is 0.845. The van der Waals surface area contributed by atoms with Gasteiger partial charge in [0, 0.05) is 5.56 Å². The van der Waals surface area contributed by atoms with Crippen molar-refractivity contribution in [2.45, 2.75) is 46.6 Å². The van der Waals surface area contributed by atoms with E-state index in [1.807, 2.05) is 26.8 Å². The summed E-state index contributed by atoms with van der Waals surface area (Å²) < 4.78 is 17.4. The molecule has 7 heteroatoms. The summed E-state index contributed by atoms with van der Waals surface area (Å²) in [6.07, 6.45) is 0.0577. The summed E-state index contributed by atoms with van der Waals surface area (Å²) in [4.78, 5) is 12.7. The lowest BCUT2D eigenvalue weighted by Crippen LogP contribution is -2.29. The van der Waals surface area contributed by atoms with E-state index in [4.69, 9.17) is 19.9 Å². The second-order valence-corrected chi connectivity index (χ2v) is 7.77. The number of rotatable bonds is 5. The third kappa shape index (κ3) is 4.72. The molecule has 0 unspecified atom stereocenters. The first kappa shape index (κ1) is 20.6. The zero-order valence-corrected chi connectivity index (χ0v) is 17.1. The summed E-state index contributed by atoms with van der Waals surface area (Å²) >= 11 is 0. The number of ether oxygens (including phenoxy) is 3. The molecule has 0 aliphatic rings. The maximum Gasteiger partial charge on any atom is 0.435 e. The minimum atomic E-state index is -0.629. The monoisotopic (exact) mass is 375 g/mol. The fourth-order valence-electron chi connectivity index (χ4n) is 2.70. The zero-order chi connectivity index (χ0) is 20.4. The van der Waals surface area contributed by atoms with Gasteiger partial charge in [-0.3, -0.25) is 0 Å². The average Bonchev–Trinajstić information content (AvgIpc) is 2.89. The fourth-order valence-corrected chi connectivity index (χ4v) is 2.70. The number of carbonyl (C=O) groups excluding carboxylic acids is 1. The molecule has 0 radical (unpaired) electrons. The maximum atomic E-state index is 12.7. The highest BCUT2D eigenvalue weighted by atomic mass is 16.6. The van der Waals surface area contributed by atoms with Gasteiger partial charge in [0.25, 0.3) is 0 Å². The molecule has 0 amide bonds. The molecule has 2 aromatic rings. The Morgan fingerprint density at radius 3 is 2.33 bits per heavy atom. The molecule has 0 bridgehead atoms. The van der Waals surface area contributed by atoms with Crippen molar-refractivity contribution < 1.29 is 19.0 Å². The molecule has 1 aromatic heterocycles. The van der Waals surface area contributed by atoms with Crippen molar-refractivity contribution in [1.82, 2.24) is 9.78 Å². The van der Waals surface area contributed by atoms with Gasteiger partial charge in [-0.1, -0.05) is 13.8 Å². The van der Waals surface area contributed by atoms with Crippen LogP contribution in [-0.2, 0) is 11.2 Å². The van der Waals surface area contributed by atoms with Crippen molar-refractivity contribution in [3.05, 3.63) is 23.9 Å². The van der Waals surface area contributed by atoms with Crippen LogP contribution in [0.3, 0.4) is 0 Å². The number of hydrogen-bond donors (Lipinski definition) is 1. The van der Waals surface area contributed by atoms with Crippen LogP contribution in [-0.4, -0.2) is 35.7 Å². The Kier molecular flexibility index (Phi) is 6.03. The molecule has 0 aliphatic heterocycles. The molecule has 2 rings (SSSR count). The Balaban J connectivity index is 2.57. The lowest BCUT2D eigenvalue weighted by Gasteiger charge is -2.20. The van der Waals surface area contributed by atoms with Crippen molar-refractivity contribution in [3.63, 3.8) is 0 Å². The SMILES string of the molecule is COc1ccc(-c2nn(C(=O)OC(C)(C)C)c(CC(C)C)c2N)cc1OC. The summed E-state index contributed by atoms with van der Waals surface area (Å²) in [6, 6.07) is 5.40. The number of benzene rings is 1. The van der Waals surface area contributed by atoms with Gasteiger partial charge in [0.1, 0.15) is 11.3 Å². The van der Waals surface area contributed by atoms with Crippen molar-refractivity contribution in [1.29, 1.82) is 0 Å². The Bertz CT molecular complexity index is 819. The Labute approximate surface area is 160 Å². The highest BCUT2D eigenvalue weighted by molar-refractivity contribution is 5.81. The molecular formula is C20H29N3O4. The van der Waals surface area contributed by atoms with Crippen LogP contribution in [0.2, 0.25) is 0 Å². The molecule has 0 aliphatic carbocycles. The van der Waals surface area contributed by atoms with E-state index in [0.717, 1.165) is 5.56 Å². The topological polar surface area (TPSA) is 88.6 Å². The minimum Gasteiger partial charge on any atom is -0.493 e. The van der Waals surface area contributed by atoms with Gasteiger partial charge in [-0.25, -0.2) is 4.79 Å². The zero-order valence-electron chi connectivity index (χ0n) is 17.1. The smallest absolute Gasteiger partial charge is 0.435 e. The van der Waals surface area contributed by atoms with Gasteiger partial charge < -0.3 is 19.9 Å². The van der Waals surface area contributed by atoms with Gasteiger partial charge in [-0.15, -0.1) is 0 Å². The predicted octanol–water partition coefficient (Wildman–Crippen LogP) is 4.13. The maximum absolute atomic E-state index is 12.7. The number of aromatic nitrogens is 2. The molecule has 7 nitrogen and oxygen atoms in total. The Morgan fingerprint density at radius 1 is 1.19 bits per heavy atom.